The van der Waals surface area contributed by atoms with E-state index < -0.39 is 10.0 Å². The van der Waals surface area contributed by atoms with Crippen LogP contribution in [0, 0.1) is 0 Å². The Kier molecular flexibility index (Phi) is 9.48. The molecule has 5 nitrogen and oxygen atoms in total. The Hall–Kier alpha value is -0.340. The van der Waals surface area contributed by atoms with E-state index in [1.807, 2.05) is 0 Å². The Labute approximate surface area is 141 Å². The first-order valence-electron chi connectivity index (χ1n) is 6.50. The molecule has 0 aromatic heterocycles. The maximum Gasteiger partial charge on any atom is 0.241 e. The van der Waals surface area contributed by atoms with E-state index in [0.29, 0.717) is 10.2 Å². The quantitative estimate of drug-likeness (QED) is 0.701. The Balaban J connectivity index is 0.00000400. The molecule has 0 aliphatic carbocycles. The van der Waals surface area contributed by atoms with Crippen molar-refractivity contribution in [2.75, 3.05) is 13.7 Å². The molecule has 21 heavy (non-hydrogen) atoms. The smallest absolute Gasteiger partial charge is 0.241 e. The normalized spacial score (nSPS) is 12.6. The van der Waals surface area contributed by atoms with Crippen LogP contribution in [0.5, 0.6) is 5.75 Å². The van der Waals surface area contributed by atoms with Crippen molar-refractivity contribution in [3.63, 3.8) is 0 Å². The molecule has 0 amide bonds. The van der Waals surface area contributed by atoms with Crippen molar-refractivity contribution in [1.82, 2.24) is 4.72 Å². The minimum absolute atomic E-state index is 0. The molecule has 1 unspecified atom stereocenters. The van der Waals surface area contributed by atoms with Crippen molar-refractivity contribution in [3.05, 3.63) is 22.7 Å². The van der Waals surface area contributed by atoms with E-state index in [2.05, 4.69) is 27.6 Å². The van der Waals surface area contributed by atoms with E-state index >= 15 is 0 Å². The molecule has 8 heteroatoms. The van der Waals surface area contributed by atoms with Crippen LogP contribution in [-0.4, -0.2) is 28.1 Å². The highest BCUT2D eigenvalue weighted by atomic mass is 79.9. The van der Waals surface area contributed by atoms with Crippen molar-refractivity contribution in [2.45, 2.75) is 37.1 Å². The van der Waals surface area contributed by atoms with Crippen LogP contribution in [-0.2, 0) is 10.0 Å². The van der Waals surface area contributed by atoms with Crippen molar-refractivity contribution in [3.8, 4) is 5.75 Å². The third kappa shape index (κ3) is 6.52. The summed E-state index contributed by atoms with van der Waals surface area (Å²) in [6.45, 7) is 2.34. The van der Waals surface area contributed by atoms with Gasteiger partial charge in [0.15, 0.2) is 0 Å². The molecule has 1 atom stereocenters. The van der Waals surface area contributed by atoms with Gasteiger partial charge in [-0.05, 0) is 18.6 Å². The van der Waals surface area contributed by atoms with Crippen molar-refractivity contribution < 1.29 is 13.2 Å². The predicted octanol–water partition coefficient (Wildman–Crippen LogP) is 2.68. The lowest BCUT2D eigenvalue weighted by molar-refractivity contribution is 0.413. The second-order valence-electron chi connectivity index (χ2n) is 4.52. The zero-order valence-electron chi connectivity index (χ0n) is 12.1. The molecule has 0 fully saturated rings. The van der Waals surface area contributed by atoms with Crippen LogP contribution in [0.15, 0.2) is 27.6 Å². The topological polar surface area (TPSA) is 81.4 Å². The Bertz CT molecular complexity index is 540. The number of benzene rings is 1. The number of hydrogen-bond donors (Lipinski definition) is 2. The van der Waals surface area contributed by atoms with Crippen LogP contribution in [0.25, 0.3) is 0 Å². The van der Waals surface area contributed by atoms with Gasteiger partial charge >= 0.3 is 0 Å². The van der Waals surface area contributed by atoms with Crippen molar-refractivity contribution in [1.29, 1.82) is 0 Å². The fraction of sp³-hybridized carbons (Fsp3) is 0.538. The van der Waals surface area contributed by atoms with Crippen LogP contribution < -0.4 is 15.2 Å². The molecule has 0 heterocycles. The zero-order chi connectivity index (χ0) is 15.2. The summed E-state index contributed by atoms with van der Waals surface area (Å²) in [7, 11) is -2.10. The number of halogens is 2. The van der Waals surface area contributed by atoms with E-state index in [-0.39, 0.29) is 29.9 Å². The first kappa shape index (κ1) is 20.7. The van der Waals surface area contributed by atoms with Gasteiger partial charge in [0.1, 0.15) is 5.75 Å². The maximum atomic E-state index is 12.3. The third-order valence-corrected chi connectivity index (χ3v) is 4.86. The monoisotopic (exact) mass is 400 g/mol. The summed E-state index contributed by atoms with van der Waals surface area (Å²) in [5.74, 6) is 0.484. The Morgan fingerprint density at radius 1 is 1.38 bits per heavy atom. The van der Waals surface area contributed by atoms with Gasteiger partial charge in [0.2, 0.25) is 10.0 Å². The summed E-state index contributed by atoms with van der Waals surface area (Å²) in [5, 5.41) is 0. The highest BCUT2D eigenvalue weighted by molar-refractivity contribution is 9.10. The Morgan fingerprint density at radius 2 is 2.05 bits per heavy atom. The molecule has 0 aliphatic rings. The molecule has 0 saturated carbocycles. The molecular formula is C13H22BrClN2O3S. The van der Waals surface area contributed by atoms with Crippen LogP contribution in [0.3, 0.4) is 0 Å². The minimum atomic E-state index is -3.60. The Morgan fingerprint density at radius 3 is 2.57 bits per heavy atom. The van der Waals surface area contributed by atoms with E-state index in [4.69, 9.17) is 10.5 Å². The van der Waals surface area contributed by atoms with Gasteiger partial charge in [-0.25, -0.2) is 13.1 Å². The fourth-order valence-corrected chi connectivity index (χ4v) is 3.74. The zero-order valence-corrected chi connectivity index (χ0v) is 15.4. The number of hydrogen-bond acceptors (Lipinski definition) is 4. The SMILES string of the molecule is CCCCC(CN)NS(=O)(=O)c1cc(Br)cc(OC)c1.Cl. The molecule has 0 bridgehead atoms. The second kappa shape index (κ2) is 9.63. The molecule has 0 radical (unpaired) electrons. The lowest BCUT2D eigenvalue weighted by Gasteiger charge is -2.17. The van der Waals surface area contributed by atoms with E-state index in [0.717, 1.165) is 19.3 Å². The standard InChI is InChI=1S/C13H21BrN2O3S.ClH/c1-3-4-5-11(9-15)16-20(17,18)13-7-10(14)6-12(8-13)19-2;/h6-8,11,16H,3-5,9,15H2,1-2H3;1H. The molecule has 0 spiro atoms. The van der Waals surface area contributed by atoms with Crippen LogP contribution in [0.2, 0.25) is 0 Å². The highest BCUT2D eigenvalue weighted by Crippen LogP contribution is 2.24. The first-order chi connectivity index (χ1) is 9.42. The molecule has 0 saturated heterocycles. The molecule has 1 aromatic rings. The number of ether oxygens (including phenoxy) is 1. The number of sulfonamides is 1. The second-order valence-corrected chi connectivity index (χ2v) is 7.15. The van der Waals surface area contributed by atoms with E-state index in [1.54, 1.807) is 6.07 Å². The van der Waals surface area contributed by atoms with Crippen LogP contribution in [0.1, 0.15) is 26.2 Å². The minimum Gasteiger partial charge on any atom is -0.497 e. The molecule has 3 N–H and O–H groups in total. The van der Waals surface area contributed by atoms with E-state index in [1.165, 1.54) is 19.2 Å². The summed E-state index contributed by atoms with van der Waals surface area (Å²) in [6, 6.07) is 4.49. The average Bonchev–Trinajstić information content (AvgIpc) is 2.42. The van der Waals surface area contributed by atoms with Crippen LogP contribution in [0.4, 0.5) is 0 Å². The molecule has 0 aliphatic heterocycles. The van der Waals surface area contributed by atoms with Gasteiger partial charge in [0.05, 0.1) is 12.0 Å². The van der Waals surface area contributed by atoms with Crippen molar-refractivity contribution in [2.24, 2.45) is 5.73 Å². The summed E-state index contributed by atoms with van der Waals surface area (Å²) < 4.78 is 33.1. The molecular weight excluding hydrogens is 380 g/mol. The number of nitrogens with two attached hydrogens (primary N) is 1. The van der Waals surface area contributed by atoms with Gasteiger partial charge in [-0.3, -0.25) is 0 Å². The third-order valence-electron chi connectivity index (χ3n) is 2.90. The summed E-state index contributed by atoms with van der Waals surface area (Å²) in [5.41, 5.74) is 5.62. The van der Waals surface area contributed by atoms with Gasteiger partial charge < -0.3 is 10.5 Å². The van der Waals surface area contributed by atoms with Gasteiger partial charge in [0.25, 0.3) is 0 Å². The average molecular weight is 402 g/mol. The molecule has 1 aromatic carbocycles. The van der Waals surface area contributed by atoms with Crippen molar-refractivity contribution >= 4 is 38.4 Å². The van der Waals surface area contributed by atoms with E-state index in [9.17, 15) is 8.42 Å². The lowest BCUT2D eigenvalue weighted by atomic mass is 10.1. The molecule has 122 valence electrons. The lowest BCUT2D eigenvalue weighted by Crippen LogP contribution is -2.40. The number of nitrogens with one attached hydrogen (secondary N) is 1. The number of methoxy groups -OCH3 is 1. The van der Waals surface area contributed by atoms with Gasteiger partial charge in [-0.2, -0.15) is 0 Å². The largest absolute Gasteiger partial charge is 0.497 e. The fourth-order valence-electron chi connectivity index (χ4n) is 1.77. The van der Waals surface area contributed by atoms with Crippen LogP contribution >= 0.6 is 28.3 Å². The summed E-state index contributed by atoms with van der Waals surface area (Å²) in [6.07, 6.45) is 2.67. The number of unbranched alkanes of at least 4 members (excludes halogenated alkanes) is 1. The van der Waals surface area contributed by atoms with Gasteiger partial charge in [-0.1, -0.05) is 35.7 Å². The predicted molar refractivity (Wildman–Crippen MR) is 90.6 cm³/mol. The first-order valence-corrected chi connectivity index (χ1v) is 8.77. The maximum absolute atomic E-state index is 12.3. The molecule has 1 rings (SSSR count). The van der Waals surface area contributed by atoms with Gasteiger partial charge in [0, 0.05) is 23.1 Å². The van der Waals surface area contributed by atoms with Gasteiger partial charge in [-0.15, -0.1) is 12.4 Å². The summed E-state index contributed by atoms with van der Waals surface area (Å²) in [4.78, 5) is 0.165. The highest BCUT2D eigenvalue weighted by Gasteiger charge is 2.20. The summed E-state index contributed by atoms with van der Waals surface area (Å²) >= 11 is 3.27. The number of rotatable bonds is 8.